The minimum atomic E-state index is -1.51. The van der Waals surface area contributed by atoms with Crippen LogP contribution in [0.4, 0.5) is 0 Å². The van der Waals surface area contributed by atoms with Crippen molar-refractivity contribution in [3.8, 4) is 0 Å². The maximum atomic E-state index is 11.8. The molecule has 258 valence electrons. The van der Waals surface area contributed by atoms with Crippen LogP contribution in [0, 0.1) is 0 Å². The van der Waals surface area contributed by atoms with Crippen LogP contribution < -0.4 is 0 Å². The second-order valence-corrected chi connectivity index (χ2v) is 14.2. The summed E-state index contributed by atoms with van der Waals surface area (Å²) >= 11 is 0. The zero-order chi connectivity index (χ0) is 31.5. The number of carboxylic acids is 1. The van der Waals surface area contributed by atoms with Crippen LogP contribution in [0.2, 0.25) is 0 Å². The van der Waals surface area contributed by atoms with Crippen LogP contribution in [0.25, 0.3) is 0 Å². The van der Waals surface area contributed by atoms with Crippen molar-refractivity contribution in [2.24, 2.45) is 0 Å². The zero-order valence-corrected chi connectivity index (χ0v) is 29.8. The molecule has 0 spiro atoms. The average molecular weight is 609 g/mol. The Balaban J connectivity index is 3.48. The highest BCUT2D eigenvalue weighted by molar-refractivity contribution is 5.76. The number of unbranched alkanes of at least 4 members (excludes halogenated alkanes) is 32. The molecule has 3 nitrogen and oxygen atoms in total. The highest BCUT2D eigenvalue weighted by atomic mass is 16.4. The van der Waals surface area contributed by atoms with Crippen molar-refractivity contribution >= 4 is 5.97 Å². The van der Waals surface area contributed by atoms with Gasteiger partial charge in [0.15, 0.2) is 5.60 Å². The number of hydrogen-bond donors (Lipinski definition) is 2. The topological polar surface area (TPSA) is 57.5 Å². The van der Waals surface area contributed by atoms with Gasteiger partial charge in [0.1, 0.15) is 0 Å². The Bertz CT molecular complexity index is 548. The Morgan fingerprint density at radius 2 is 0.512 bits per heavy atom. The SMILES string of the molecule is CCCCCCCCCCCCCCCCCCCCCCC(O)(CCCCCCCCCCCCCCCC)C(=O)O. The predicted molar refractivity (Wildman–Crippen MR) is 190 cm³/mol. The summed E-state index contributed by atoms with van der Waals surface area (Å²) in [5.74, 6) is -1.01. The van der Waals surface area contributed by atoms with Crippen molar-refractivity contribution in [2.75, 3.05) is 0 Å². The number of rotatable bonds is 37. The summed E-state index contributed by atoms with van der Waals surface area (Å²) in [5.41, 5.74) is -1.51. The first kappa shape index (κ1) is 42.4. The number of hydrogen-bond acceptors (Lipinski definition) is 2. The molecule has 0 radical (unpaired) electrons. The molecular formula is C40H80O3. The van der Waals surface area contributed by atoms with Crippen LogP contribution >= 0.6 is 0 Å². The van der Waals surface area contributed by atoms with Crippen molar-refractivity contribution < 1.29 is 15.0 Å². The summed E-state index contributed by atoms with van der Waals surface area (Å²) in [6.45, 7) is 4.56. The van der Waals surface area contributed by atoms with E-state index >= 15 is 0 Å². The fourth-order valence-corrected chi connectivity index (χ4v) is 6.62. The molecule has 2 N–H and O–H groups in total. The lowest BCUT2D eigenvalue weighted by atomic mass is 9.89. The van der Waals surface area contributed by atoms with Gasteiger partial charge in [0.25, 0.3) is 0 Å². The van der Waals surface area contributed by atoms with E-state index in [-0.39, 0.29) is 0 Å². The molecule has 0 saturated heterocycles. The third-order valence-corrected chi connectivity index (χ3v) is 9.79. The molecule has 3 heteroatoms. The van der Waals surface area contributed by atoms with Gasteiger partial charge in [-0.1, -0.05) is 219 Å². The summed E-state index contributed by atoms with van der Waals surface area (Å²) in [4.78, 5) is 11.8. The van der Waals surface area contributed by atoms with E-state index < -0.39 is 11.6 Å². The maximum Gasteiger partial charge on any atom is 0.335 e. The van der Waals surface area contributed by atoms with Crippen LogP contribution in [0.5, 0.6) is 0 Å². The molecule has 0 aliphatic heterocycles. The summed E-state index contributed by atoms with van der Waals surface area (Å²) in [6.07, 6.45) is 45.7. The molecule has 0 fully saturated rings. The molecule has 1 unspecified atom stereocenters. The van der Waals surface area contributed by atoms with Gasteiger partial charge in [-0.3, -0.25) is 0 Å². The molecule has 0 aromatic rings. The molecule has 1 atom stereocenters. The number of carboxylic acid groups (broad SMARTS) is 1. The van der Waals surface area contributed by atoms with Gasteiger partial charge in [0.2, 0.25) is 0 Å². The number of carbonyl (C=O) groups is 1. The molecule has 0 bridgehead atoms. The van der Waals surface area contributed by atoms with Crippen LogP contribution in [0.1, 0.15) is 245 Å². The fourth-order valence-electron chi connectivity index (χ4n) is 6.62. The Hall–Kier alpha value is -0.570. The maximum absolute atomic E-state index is 11.8. The molecule has 0 saturated carbocycles. The smallest absolute Gasteiger partial charge is 0.335 e. The lowest BCUT2D eigenvalue weighted by Crippen LogP contribution is -2.38. The van der Waals surface area contributed by atoms with Crippen molar-refractivity contribution in [3.63, 3.8) is 0 Å². The minimum Gasteiger partial charge on any atom is -0.479 e. The largest absolute Gasteiger partial charge is 0.479 e. The number of aliphatic hydroxyl groups is 1. The lowest BCUT2D eigenvalue weighted by molar-refractivity contribution is -0.160. The Labute approximate surface area is 271 Å². The van der Waals surface area contributed by atoms with Crippen molar-refractivity contribution in [1.82, 2.24) is 0 Å². The normalized spacial score (nSPS) is 13.0. The first-order chi connectivity index (χ1) is 21.1. The molecule has 0 aromatic carbocycles. The van der Waals surface area contributed by atoms with E-state index in [1.807, 2.05) is 0 Å². The van der Waals surface area contributed by atoms with E-state index in [2.05, 4.69) is 13.8 Å². The fraction of sp³-hybridized carbons (Fsp3) is 0.975. The monoisotopic (exact) mass is 609 g/mol. The second-order valence-electron chi connectivity index (χ2n) is 14.2. The van der Waals surface area contributed by atoms with E-state index in [4.69, 9.17) is 0 Å². The van der Waals surface area contributed by atoms with Gasteiger partial charge in [-0.25, -0.2) is 4.79 Å². The Kier molecular flexibility index (Phi) is 33.9. The third-order valence-electron chi connectivity index (χ3n) is 9.79. The Morgan fingerprint density at radius 1 is 0.349 bits per heavy atom. The van der Waals surface area contributed by atoms with Crippen LogP contribution in [-0.4, -0.2) is 21.8 Å². The molecule has 0 aliphatic carbocycles. The molecule has 0 amide bonds. The van der Waals surface area contributed by atoms with E-state index in [0.717, 1.165) is 25.7 Å². The zero-order valence-electron chi connectivity index (χ0n) is 29.8. The van der Waals surface area contributed by atoms with E-state index in [1.54, 1.807) is 0 Å². The lowest BCUT2D eigenvalue weighted by Gasteiger charge is -2.23. The van der Waals surface area contributed by atoms with Crippen LogP contribution in [-0.2, 0) is 4.79 Å². The van der Waals surface area contributed by atoms with Gasteiger partial charge in [-0.15, -0.1) is 0 Å². The standard InChI is InChI=1S/C40H80O3/c1-3-5-7-9-11-13-15-17-19-20-21-22-23-24-26-28-30-32-34-36-38-40(43,39(41)42)37-35-33-31-29-27-25-18-16-14-12-10-8-6-4-2/h43H,3-38H2,1-2H3,(H,41,42). The van der Waals surface area contributed by atoms with E-state index in [1.165, 1.54) is 193 Å². The highest BCUT2D eigenvalue weighted by Crippen LogP contribution is 2.24. The first-order valence-electron chi connectivity index (χ1n) is 20.0. The van der Waals surface area contributed by atoms with Crippen LogP contribution in [0.15, 0.2) is 0 Å². The average Bonchev–Trinajstić information content (AvgIpc) is 3.00. The number of aliphatic carboxylic acids is 1. The van der Waals surface area contributed by atoms with Gasteiger partial charge in [-0.2, -0.15) is 0 Å². The van der Waals surface area contributed by atoms with Crippen molar-refractivity contribution in [1.29, 1.82) is 0 Å². The van der Waals surface area contributed by atoms with Crippen molar-refractivity contribution in [3.05, 3.63) is 0 Å². The minimum absolute atomic E-state index is 0.416. The molecule has 0 rings (SSSR count). The van der Waals surface area contributed by atoms with Gasteiger partial charge in [-0.05, 0) is 25.7 Å². The summed E-state index contributed by atoms with van der Waals surface area (Å²) < 4.78 is 0. The molecule has 0 aromatic heterocycles. The highest BCUT2D eigenvalue weighted by Gasteiger charge is 2.34. The van der Waals surface area contributed by atoms with Gasteiger partial charge in [0, 0.05) is 0 Å². The van der Waals surface area contributed by atoms with Gasteiger partial charge >= 0.3 is 5.97 Å². The van der Waals surface area contributed by atoms with Gasteiger partial charge < -0.3 is 10.2 Å². The first-order valence-corrected chi connectivity index (χ1v) is 20.0. The molecular weight excluding hydrogens is 528 g/mol. The second kappa shape index (κ2) is 34.3. The summed E-state index contributed by atoms with van der Waals surface area (Å²) in [7, 11) is 0. The van der Waals surface area contributed by atoms with E-state index in [0.29, 0.717) is 12.8 Å². The predicted octanol–water partition coefficient (Wildman–Crippen LogP) is 13.9. The molecule has 0 aliphatic rings. The van der Waals surface area contributed by atoms with Crippen molar-refractivity contribution in [2.45, 2.75) is 251 Å². The summed E-state index contributed by atoms with van der Waals surface area (Å²) in [5, 5.41) is 20.4. The molecule has 43 heavy (non-hydrogen) atoms. The van der Waals surface area contributed by atoms with E-state index in [9.17, 15) is 15.0 Å². The quantitative estimate of drug-likeness (QED) is 0.0690. The third kappa shape index (κ3) is 31.2. The Morgan fingerprint density at radius 3 is 0.674 bits per heavy atom. The molecule has 0 heterocycles. The van der Waals surface area contributed by atoms with Crippen LogP contribution in [0.3, 0.4) is 0 Å². The van der Waals surface area contributed by atoms with Gasteiger partial charge in [0.05, 0.1) is 0 Å². The summed E-state index contributed by atoms with van der Waals surface area (Å²) in [6, 6.07) is 0.